The van der Waals surface area contributed by atoms with Crippen LogP contribution in [-0.2, 0) is 36.2 Å². The van der Waals surface area contributed by atoms with E-state index in [1.54, 1.807) is 0 Å². The van der Waals surface area contributed by atoms with Crippen LogP contribution in [0.4, 0.5) is 0 Å². The summed E-state index contributed by atoms with van der Waals surface area (Å²) in [5.41, 5.74) is 0. The monoisotopic (exact) mass is 237 g/mol. The van der Waals surface area contributed by atoms with E-state index in [2.05, 4.69) is 0 Å². The number of carbonyl (C=O) groups excluding carboxylic acids is 4. The molecule has 0 aromatic rings. The molecule has 0 aliphatic rings. The molecular formula is C6H6CuO6. The van der Waals surface area contributed by atoms with Crippen LogP contribution >= 0.6 is 0 Å². The minimum Gasteiger partial charge on any atom is -0.542 e. The fourth-order valence-electron chi connectivity index (χ4n) is 0. The molecule has 77 valence electrons. The molecule has 1 radical (unpaired) electrons. The summed E-state index contributed by atoms with van der Waals surface area (Å²) in [7, 11) is 0. The number of aliphatic carboxylic acids is 2. The van der Waals surface area contributed by atoms with Crippen LogP contribution in [-0.4, -0.2) is 23.5 Å². The Balaban J connectivity index is -0.000000143. The van der Waals surface area contributed by atoms with Crippen molar-refractivity contribution < 1.29 is 46.5 Å². The van der Waals surface area contributed by atoms with Crippen LogP contribution in [0.2, 0.25) is 0 Å². The molecule has 7 heteroatoms. The summed E-state index contributed by atoms with van der Waals surface area (Å²) < 4.78 is 0. The van der Waals surface area contributed by atoms with Crippen LogP contribution in [0, 0.1) is 0 Å². The van der Waals surface area contributed by atoms with E-state index in [0.29, 0.717) is 0 Å². The maximum Gasteiger partial charge on any atom is 2.00 e. The molecule has 0 aromatic heterocycles. The third-order valence-corrected chi connectivity index (χ3v) is 0.575. The Morgan fingerprint density at radius 1 is 0.769 bits per heavy atom. The standard InChI is InChI=1S/2C3H4O3.Cu/c2*1-2(4)3(5)6;/h2*1H3,(H,5,6);/q;;+2/p-2. The zero-order chi connectivity index (χ0) is 10.3. The van der Waals surface area contributed by atoms with Gasteiger partial charge in [-0.2, -0.15) is 0 Å². The van der Waals surface area contributed by atoms with Crippen LogP contribution in [0.3, 0.4) is 0 Å². The van der Waals surface area contributed by atoms with Gasteiger partial charge in [0.2, 0.25) is 0 Å². The molecular weight excluding hydrogens is 232 g/mol. The minimum absolute atomic E-state index is 0. The molecule has 0 spiro atoms. The Morgan fingerprint density at radius 3 is 0.846 bits per heavy atom. The number of Topliss-reactive ketones (excluding diaryl/α,β-unsaturated/α-hetero) is 2. The normalized spacial score (nSPS) is 6.92. The number of carboxylic acids is 2. The van der Waals surface area contributed by atoms with Gasteiger partial charge in [0.05, 0.1) is 0 Å². The second kappa shape index (κ2) is 8.89. The van der Waals surface area contributed by atoms with E-state index in [9.17, 15) is 29.4 Å². The van der Waals surface area contributed by atoms with E-state index in [0.717, 1.165) is 13.8 Å². The summed E-state index contributed by atoms with van der Waals surface area (Å²) in [5.74, 6) is -5.13. The maximum absolute atomic E-state index is 9.48. The molecule has 0 N–H and O–H groups in total. The molecule has 0 saturated heterocycles. The molecule has 0 unspecified atom stereocenters. The molecule has 0 amide bonds. The molecule has 13 heavy (non-hydrogen) atoms. The summed E-state index contributed by atoms with van der Waals surface area (Å²) in [4.78, 5) is 37.4. The maximum atomic E-state index is 9.48. The van der Waals surface area contributed by atoms with E-state index < -0.39 is 23.5 Å². The largest absolute Gasteiger partial charge is 2.00 e. The summed E-state index contributed by atoms with van der Waals surface area (Å²) in [6.07, 6.45) is 0. The van der Waals surface area contributed by atoms with Crippen molar-refractivity contribution in [1.29, 1.82) is 0 Å². The van der Waals surface area contributed by atoms with Gasteiger partial charge in [-0.15, -0.1) is 0 Å². The third kappa shape index (κ3) is 18.1. The molecule has 0 rings (SSSR count). The SMILES string of the molecule is CC(=O)C(=O)[O-].CC(=O)C(=O)[O-].[Cu+2]. The van der Waals surface area contributed by atoms with E-state index in [1.807, 2.05) is 0 Å². The Morgan fingerprint density at radius 2 is 0.846 bits per heavy atom. The average molecular weight is 238 g/mol. The zero-order valence-electron chi connectivity index (χ0n) is 6.75. The van der Waals surface area contributed by atoms with Crippen molar-refractivity contribution in [2.24, 2.45) is 0 Å². The van der Waals surface area contributed by atoms with E-state index in [4.69, 9.17) is 0 Å². The van der Waals surface area contributed by atoms with Crippen molar-refractivity contribution in [3.05, 3.63) is 0 Å². The summed E-state index contributed by atoms with van der Waals surface area (Å²) in [6, 6.07) is 0. The van der Waals surface area contributed by atoms with Gasteiger partial charge in [-0.25, -0.2) is 0 Å². The second-order valence-corrected chi connectivity index (χ2v) is 1.69. The van der Waals surface area contributed by atoms with Gasteiger partial charge in [0.1, 0.15) is 11.9 Å². The molecule has 0 fully saturated rings. The molecule has 0 aliphatic heterocycles. The Bertz CT molecular complexity index is 173. The van der Waals surface area contributed by atoms with Gasteiger partial charge in [-0.05, 0) is 0 Å². The smallest absolute Gasteiger partial charge is 0.542 e. The molecule has 0 aliphatic carbocycles. The number of hydrogen-bond donors (Lipinski definition) is 0. The minimum atomic E-state index is -1.63. The van der Waals surface area contributed by atoms with Crippen molar-refractivity contribution in [3.63, 3.8) is 0 Å². The van der Waals surface area contributed by atoms with Crippen molar-refractivity contribution in [1.82, 2.24) is 0 Å². The van der Waals surface area contributed by atoms with Crippen molar-refractivity contribution in [2.75, 3.05) is 0 Å². The van der Waals surface area contributed by atoms with E-state index in [1.165, 1.54) is 0 Å². The fraction of sp³-hybridized carbons (Fsp3) is 0.333. The van der Waals surface area contributed by atoms with E-state index in [-0.39, 0.29) is 17.1 Å². The number of ketones is 2. The predicted molar refractivity (Wildman–Crippen MR) is 31.4 cm³/mol. The van der Waals surface area contributed by atoms with Crippen LogP contribution in [0.15, 0.2) is 0 Å². The predicted octanol–water partition coefficient (Wildman–Crippen LogP) is -3.35. The van der Waals surface area contributed by atoms with E-state index >= 15 is 0 Å². The molecule has 0 aromatic carbocycles. The number of hydrogen-bond acceptors (Lipinski definition) is 6. The van der Waals surface area contributed by atoms with Crippen LogP contribution in [0.5, 0.6) is 0 Å². The topological polar surface area (TPSA) is 114 Å². The van der Waals surface area contributed by atoms with Gasteiger partial charge in [-0.3, -0.25) is 9.59 Å². The van der Waals surface area contributed by atoms with Gasteiger partial charge in [-0.1, -0.05) is 0 Å². The summed E-state index contributed by atoms with van der Waals surface area (Å²) in [5, 5.41) is 18.5. The van der Waals surface area contributed by atoms with Gasteiger partial charge < -0.3 is 19.8 Å². The number of carboxylic acid groups (broad SMARTS) is 2. The first-order valence-corrected chi connectivity index (χ1v) is 2.72. The second-order valence-electron chi connectivity index (χ2n) is 1.69. The number of rotatable bonds is 2. The molecule has 0 bridgehead atoms. The first-order valence-electron chi connectivity index (χ1n) is 2.72. The zero-order valence-corrected chi connectivity index (χ0v) is 7.69. The summed E-state index contributed by atoms with van der Waals surface area (Å²) >= 11 is 0. The van der Waals surface area contributed by atoms with Crippen molar-refractivity contribution >= 4 is 23.5 Å². The van der Waals surface area contributed by atoms with Crippen LogP contribution in [0.1, 0.15) is 13.8 Å². The van der Waals surface area contributed by atoms with Gasteiger partial charge in [0.25, 0.3) is 0 Å². The van der Waals surface area contributed by atoms with Crippen molar-refractivity contribution in [3.8, 4) is 0 Å². The van der Waals surface area contributed by atoms with Crippen LogP contribution in [0.25, 0.3) is 0 Å². The van der Waals surface area contributed by atoms with Crippen LogP contribution < -0.4 is 10.2 Å². The molecule has 6 nitrogen and oxygen atoms in total. The summed E-state index contributed by atoms with van der Waals surface area (Å²) in [6.45, 7) is 1.88. The van der Waals surface area contributed by atoms with Gasteiger partial charge in [0.15, 0.2) is 11.6 Å². The van der Waals surface area contributed by atoms with Gasteiger partial charge >= 0.3 is 17.1 Å². The Kier molecular flexibility index (Phi) is 12.2. The van der Waals surface area contributed by atoms with Gasteiger partial charge in [0, 0.05) is 13.8 Å². The van der Waals surface area contributed by atoms with Crippen molar-refractivity contribution in [2.45, 2.75) is 13.8 Å². The number of carbonyl (C=O) groups is 4. The fourth-order valence-corrected chi connectivity index (χ4v) is 0. The quantitative estimate of drug-likeness (QED) is 0.366. The Labute approximate surface area is 84.4 Å². The average Bonchev–Trinajstić information content (AvgIpc) is 1.88. The molecule has 0 heterocycles. The molecule has 0 saturated carbocycles. The third-order valence-electron chi connectivity index (χ3n) is 0.575. The molecule has 0 atom stereocenters. The first kappa shape index (κ1) is 17.8. The Hall–Kier alpha value is -1.20. The first-order chi connectivity index (χ1) is 5.29.